The number of hydrogen-bond acceptors (Lipinski definition) is 3. The average Bonchev–Trinajstić information content (AvgIpc) is 2.49. The number of hydrogen-bond donors (Lipinski definition) is 1. The molecule has 0 aliphatic rings. The van der Waals surface area contributed by atoms with Crippen LogP contribution in [0.15, 0.2) is 34.9 Å². The van der Waals surface area contributed by atoms with Crippen molar-refractivity contribution < 1.29 is 4.79 Å². The van der Waals surface area contributed by atoms with E-state index >= 15 is 0 Å². The van der Waals surface area contributed by atoms with Gasteiger partial charge in [0.2, 0.25) is 5.91 Å². The maximum absolute atomic E-state index is 12.0. The average molecular weight is 350 g/mol. The number of anilines is 1. The molecule has 0 bridgehead atoms. The molecule has 1 aromatic carbocycles. The summed E-state index contributed by atoms with van der Waals surface area (Å²) >= 11 is 3.54. The topological polar surface area (TPSA) is 45.2 Å². The van der Waals surface area contributed by atoms with Crippen LogP contribution < -0.4 is 5.32 Å². The zero-order chi connectivity index (χ0) is 15.2. The third-order valence-electron chi connectivity index (χ3n) is 3.50. The number of rotatable bonds is 6. The molecule has 1 aromatic heterocycles. The first-order valence-electron chi connectivity index (χ1n) is 7.22. The van der Waals surface area contributed by atoms with Gasteiger partial charge in [-0.3, -0.25) is 4.79 Å². The smallest absolute Gasteiger partial charge is 0.224 e. The Labute approximate surface area is 133 Å². The molecule has 0 atom stereocenters. The number of amides is 1. The molecule has 0 unspecified atom stereocenters. The lowest BCUT2D eigenvalue weighted by atomic mass is 10.1. The second-order valence-corrected chi connectivity index (χ2v) is 5.59. The molecule has 2 aromatic rings. The highest BCUT2D eigenvalue weighted by atomic mass is 79.9. The Bertz CT molecular complexity index is 626. The third kappa shape index (κ3) is 3.73. The maximum Gasteiger partial charge on any atom is 0.224 e. The molecule has 112 valence electrons. The van der Waals surface area contributed by atoms with Crippen molar-refractivity contribution in [2.24, 2.45) is 0 Å². The van der Waals surface area contributed by atoms with Crippen LogP contribution in [0.3, 0.4) is 0 Å². The van der Waals surface area contributed by atoms with E-state index in [1.807, 2.05) is 43.0 Å². The van der Waals surface area contributed by atoms with E-state index in [2.05, 4.69) is 26.2 Å². The number of nitrogens with zero attached hydrogens (tertiary/aromatic N) is 2. The van der Waals surface area contributed by atoms with E-state index in [0.717, 1.165) is 34.2 Å². The second kappa shape index (κ2) is 7.41. The fourth-order valence-electron chi connectivity index (χ4n) is 2.33. The van der Waals surface area contributed by atoms with E-state index < -0.39 is 0 Å². The van der Waals surface area contributed by atoms with Crippen LogP contribution in [0.4, 0.5) is 5.82 Å². The van der Waals surface area contributed by atoms with Gasteiger partial charge < -0.3 is 10.2 Å². The van der Waals surface area contributed by atoms with Gasteiger partial charge in [0.05, 0.1) is 0 Å². The van der Waals surface area contributed by atoms with Crippen molar-refractivity contribution >= 4 is 38.4 Å². The van der Waals surface area contributed by atoms with Gasteiger partial charge in [0.1, 0.15) is 5.82 Å². The summed E-state index contributed by atoms with van der Waals surface area (Å²) in [5.41, 5.74) is 0. The van der Waals surface area contributed by atoms with E-state index in [1.165, 1.54) is 0 Å². The number of fused-ring (bicyclic) bond motifs is 1. The Morgan fingerprint density at radius 1 is 1.24 bits per heavy atom. The normalized spacial score (nSPS) is 10.6. The Morgan fingerprint density at radius 3 is 2.71 bits per heavy atom. The molecule has 0 saturated carbocycles. The molecule has 21 heavy (non-hydrogen) atoms. The summed E-state index contributed by atoms with van der Waals surface area (Å²) in [5, 5.41) is 5.44. The fourth-order valence-corrected chi connectivity index (χ4v) is 2.83. The first-order chi connectivity index (χ1) is 10.2. The van der Waals surface area contributed by atoms with Crippen molar-refractivity contribution in [2.45, 2.75) is 20.3 Å². The molecule has 0 aliphatic carbocycles. The van der Waals surface area contributed by atoms with Crippen molar-refractivity contribution in [3.63, 3.8) is 0 Å². The molecule has 1 N–H and O–H groups in total. The van der Waals surface area contributed by atoms with Crippen LogP contribution >= 0.6 is 15.9 Å². The maximum atomic E-state index is 12.0. The quantitative estimate of drug-likeness (QED) is 0.865. The lowest BCUT2D eigenvalue weighted by Crippen LogP contribution is -2.31. The Kier molecular flexibility index (Phi) is 5.56. The number of nitrogens with one attached hydrogen (secondary N) is 1. The van der Waals surface area contributed by atoms with Crippen LogP contribution in [0.2, 0.25) is 0 Å². The van der Waals surface area contributed by atoms with Crippen LogP contribution in [0.25, 0.3) is 10.8 Å². The predicted octanol–water partition coefficient (Wildman–Crippen LogP) is 3.67. The molecule has 1 heterocycles. The highest BCUT2D eigenvalue weighted by Gasteiger charge is 2.09. The van der Waals surface area contributed by atoms with Gasteiger partial charge in [-0.2, -0.15) is 0 Å². The molecular formula is C16H20BrN3O. The number of halogens is 1. The fraction of sp³-hybridized carbons (Fsp3) is 0.375. The van der Waals surface area contributed by atoms with Crippen LogP contribution in [-0.2, 0) is 4.79 Å². The van der Waals surface area contributed by atoms with Crippen molar-refractivity contribution in [2.75, 3.05) is 25.0 Å². The molecule has 1 amide bonds. The summed E-state index contributed by atoms with van der Waals surface area (Å²) in [6.45, 7) is 6.11. The molecule has 2 rings (SSSR count). The van der Waals surface area contributed by atoms with Crippen molar-refractivity contribution in [3.05, 3.63) is 34.9 Å². The minimum absolute atomic E-state index is 0.175. The SMILES string of the molecule is CCN(CC)C(=O)CCNc1nccc2c(Br)cccc12. The highest BCUT2D eigenvalue weighted by molar-refractivity contribution is 9.10. The number of carbonyl (C=O) groups is 1. The lowest BCUT2D eigenvalue weighted by Gasteiger charge is -2.18. The molecule has 0 aliphatic heterocycles. The molecule has 0 saturated heterocycles. The molecular weight excluding hydrogens is 330 g/mol. The first-order valence-corrected chi connectivity index (χ1v) is 8.01. The van der Waals surface area contributed by atoms with Gasteiger partial charge in [-0.1, -0.05) is 28.1 Å². The van der Waals surface area contributed by atoms with E-state index in [-0.39, 0.29) is 5.91 Å². The molecule has 0 spiro atoms. The third-order valence-corrected chi connectivity index (χ3v) is 4.19. The number of pyridine rings is 1. The van der Waals surface area contributed by atoms with Crippen molar-refractivity contribution in [1.82, 2.24) is 9.88 Å². The molecule has 5 heteroatoms. The summed E-state index contributed by atoms with van der Waals surface area (Å²) < 4.78 is 1.05. The van der Waals surface area contributed by atoms with Gasteiger partial charge in [0.25, 0.3) is 0 Å². The molecule has 0 fully saturated rings. The summed E-state index contributed by atoms with van der Waals surface area (Å²) in [6, 6.07) is 8.00. The van der Waals surface area contributed by atoms with E-state index in [4.69, 9.17) is 0 Å². The Balaban J connectivity index is 2.04. The number of carbonyl (C=O) groups excluding carboxylic acids is 1. The van der Waals surface area contributed by atoms with E-state index in [9.17, 15) is 4.79 Å². The Hall–Kier alpha value is -1.62. The van der Waals surface area contributed by atoms with Gasteiger partial charge in [-0.25, -0.2) is 4.98 Å². The summed E-state index contributed by atoms with van der Waals surface area (Å²) in [5.74, 6) is 0.995. The number of aromatic nitrogens is 1. The predicted molar refractivity (Wildman–Crippen MR) is 90.5 cm³/mol. The minimum atomic E-state index is 0.175. The van der Waals surface area contributed by atoms with E-state index in [0.29, 0.717) is 13.0 Å². The lowest BCUT2D eigenvalue weighted by molar-refractivity contribution is -0.130. The van der Waals surface area contributed by atoms with Gasteiger partial charge in [0.15, 0.2) is 0 Å². The van der Waals surface area contributed by atoms with Gasteiger partial charge in [-0.15, -0.1) is 0 Å². The zero-order valence-corrected chi connectivity index (χ0v) is 14.0. The van der Waals surface area contributed by atoms with Crippen LogP contribution in [0.1, 0.15) is 20.3 Å². The monoisotopic (exact) mass is 349 g/mol. The van der Waals surface area contributed by atoms with E-state index in [1.54, 1.807) is 6.20 Å². The standard InChI is InChI=1S/C16H20BrN3O/c1-3-20(4-2)15(21)9-11-19-16-13-6-5-7-14(17)12(13)8-10-18-16/h5-8,10H,3-4,9,11H2,1-2H3,(H,18,19). The molecule has 4 nitrogen and oxygen atoms in total. The number of benzene rings is 1. The molecule has 0 radical (unpaired) electrons. The largest absolute Gasteiger partial charge is 0.369 e. The summed E-state index contributed by atoms with van der Waals surface area (Å²) in [6.07, 6.45) is 2.26. The second-order valence-electron chi connectivity index (χ2n) is 4.74. The van der Waals surface area contributed by atoms with Crippen molar-refractivity contribution in [1.29, 1.82) is 0 Å². The summed E-state index contributed by atoms with van der Waals surface area (Å²) in [4.78, 5) is 18.2. The zero-order valence-electron chi connectivity index (χ0n) is 12.4. The van der Waals surface area contributed by atoms with Gasteiger partial charge in [0, 0.05) is 47.5 Å². The summed E-state index contributed by atoms with van der Waals surface area (Å²) in [7, 11) is 0. The van der Waals surface area contributed by atoms with Crippen molar-refractivity contribution in [3.8, 4) is 0 Å². The minimum Gasteiger partial charge on any atom is -0.369 e. The van der Waals surface area contributed by atoms with Crippen LogP contribution in [0, 0.1) is 0 Å². The van der Waals surface area contributed by atoms with Crippen LogP contribution in [0.5, 0.6) is 0 Å². The highest BCUT2D eigenvalue weighted by Crippen LogP contribution is 2.27. The first kappa shape index (κ1) is 15.8. The van der Waals surface area contributed by atoms with Gasteiger partial charge >= 0.3 is 0 Å². The van der Waals surface area contributed by atoms with Gasteiger partial charge in [-0.05, 0) is 26.0 Å². The Morgan fingerprint density at radius 2 is 2.00 bits per heavy atom. The van der Waals surface area contributed by atoms with Crippen LogP contribution in [-0.4, -0.2) is 35.4 Å².